The third kappa shape index (κ3) is 5.26. The van der Waals surface area contributed by atoms with Gasteiger partial charge in [-0.05, 0) is 61.3 Å². The fraction of sp³-hybridized carbons (Fsp3) is 0.538. The Morgan fingerprint density at radius 2 is 1.79 bits per heavy atom. The van der Waals surface area contributed by atoms with Crippen LogP contribution in [-0.4, -0.2) is 24.6 Å². The molecule has 2 unspecified atom stereocenters. The van der Waals surface area contributed by atoms with Gasteiger partial charge in [-0.1, -0.05) is 53.9 Å². The second kappa shape index (κ2) is 9.11. The normalized spacial score (nSPS) is 25.3. The summed E-state index contributed by atoms with van der Waals surface area (Å²) in [5.74, 6) is 0.857. The molecule has 160 valence electrons. The first-order valence-electron chi connectivity index (χ1n) is 10.9. The number of ether oxygens (including phenoxy) is 1. The fourth-order valence-electron chi connectivity index (χ4n) is 5.38. The van der Waals surface area contributed by atoms with Gasteiger partial charge in [0.15, 0.2) is 0 Å². The number of allylic oxidation sites excluding steroid dienone is 2. The van der Waals surface area contributed by atoms with Crippen LogP contribution in [0.4, 0.5) is 5.69 Å². The summed E-state index contributed by atoms with van der Waals surface area (Å²) >= 11 is 0. The zero-order valence-electron chi connectivity index (χ0n) is 19.6. The average Bonchev–Trinajstić information content (AvgIpc) is 2.93. The molecule has 2 fully saturated rings. The third-order valence-corrected chi connectivity index (χ3v) is 6.10. The first-order chi connectivity index (χ1) is 13.7. The van der Waals surface area contributed by atoms with Crippen molar-refractivity contribution in [1.82, 2.24) is 4.90 Å². The number of rotatable bonds is 6. The Morgan fingerprint density at radius 1 is 1.17 bits per heavy atom. The Kier molecular flexibility index (Phi) is 7.26. The molecular weight excluding hydrogens is 356 g/mol. The molecule has 1 heterocycles. The van der Waals surface area contributed by atoms with Crippen molar-refractivity contribution < 1.29 is 4.74 Å². The van der Waals surface area contributed by atoms with E-state index in [-0.39, 0.29) is 0 Å². The van der Waals surface area contributed by atoms with Crippen LogP contribution in [0.25, 0.3) is 0 Å². The lowest BCUT2D eigenvalue weighted by atomic mass is 9.65. The van der Waals surface area contributed by atoms with Crippen LogP contribution in [0.2, 0.25) is 0 Å². The van der Waals surface area contributed by atoms with Crippen molar-refractivity contribution in [2.24, 2.45) is 10.8 Å². The van der Waals surface area contributed by atoms with Crippen molar-refractivity contribution >= 4 is 5.69 Å². The van der Waals surface area contributed by atoms with Gasteiger partial charge in [-0.25, -0.2) is 0 Å². The summed E-state index contributed by atoms with van der Waals surface area (Å²) < 4.78 is 5.24. The Morgan fingerprint density at radius 3 is 2.34 bits per heavy atom. The van der Waals surface area contributed by atoms with E-state index in [2.05, 4.69) is 51.1 Å². The van der Waals surface area contributed by atoms with Gasteiger partial charge < -0.3 is 15.0 Å². The quantitative estimate of drug-likeness (QED) is 0.523. The molecule has 1 saturated heterocycles. The molecule has 1 aromatic rings. The smallest absolute Gasteiger partial charge is 0.119 e. The van der Waals surface area contributed by atoms with Gasteiger partial charge in [0.05, 0.1) is 7.11 Å². The molecule has 1 N–H and O–H groups in total. The molecule has 2 bridgehead atoms. The second-order valence-electron chi connectivity index (χ2n) is 9.38. The lowest BCUT2D eigenvalue weighted by molar-refractivity contribution is 0.131. The van der Waals surface area contributed by atoms with Gasteiger partial charge >= 0.3 is 0 Å². The maximum Gasteiger partial charge on any atom is 0.119 e. The molecule has 3 heteroatoms. The highest BCUT2D eigenvalue weighted by atomic mass is 16.5. The van der Waals surface area contributed by atoms with E-state index in [0.717, 1.165) is 34.9 Å². The van der Waals surface area contributed by atoms with Gasteiger partial charge in [0, 0.05) is 35.2 Å². The molecule has 0 amide bonds. The van der Waals surface area contributed by atoms with Crippen LogP contribution in [0, 0.1) is 10.8 Å². The molecular formula is C26H40N2O. The summed E-state index contributed by atoms with van der Waals surface area (Å²) in [6, 6.07) is 8.56. The van der Waals surface area contributed by atoms with E-state index >= 15 is 0 Å². The number of nitrogens with one attached hydrogen (secondary N) is 1. The Hall–Kier alpha value is -2.16. The maximum absolute atomic E-state index is 5.24. The highest BCUT2D eigenvalue weighted by Crippen LogP contribution is 2.53. The van der Waals surface area contributed by atoms with E-state index in [4.69, 9.17) is 4.74 Å². The van der Waals surface area contributed by atoms with E-state index in [1.165, 1.54) is 19.3 Å². The maximum atomic E-state index is 5.24. The average molecular weight is 397 g/mol. The molecule has 2 aliphatic rings. The van der Waals surface area contributed by atoms with E-state index < -0.39 is 0 Å². The van der Waals surface area contributed by atoms with E-state index in [1.807, 2.05) is 44.2 Å². The predicted octanol–water partition coefficient (Wildman–Crippen LogP) is 7.01. The third-order valence-electron chi connectivity index (χ3n) is 6.10. The van der Waals surface area contributed by atoms with Crippen molar-refractivity contribution in [1.29, 1.82) is 0 Å². The van der Waals surface area contributed by atoms with Gasteiger partial charge in [-0.15, -0.1) is 0 Å². The van der Waals surface area contributed by atoms with Crippen LogP contribution in [0.5, 0.6) is 5.75 Å². The van der Waals surface area contributed by atoms with Crippen LogP contribution in [0.15, 0.2) is 60.5 Å². The SMILES string of the molecule is C=C/C(C(=C)N1CC2(C)CC1CC(C)(C)C2)=C(/C)Nc1ccc(OC)cc1.CC. The van der Waals surface area contributed by atoms with Crippen molar-refractivity contribution in [3.8, 4) is 5.75 Å². The largest absolute Gasteiger partial charge is 0.497 e. The number of nitrogens with zero attached hydrogens (tertiary/aromatic N) is 1. The molecule has 1 aromatic carbocycles. The minimum absolute atomic E-state index is 0.388. The topological polar surface area (TPSA) is 24.5 Å². The van der Waals surface area contributed by atoms with Crippen molar-refractivity contribution in [2.45, 2.75) is 66.8 Å². The van der Waals surface area contributed by atoms with Crippen molar-refractivity contribution in [2.75, 3.05) is 19.0 Å². The lowest BCUT2D eigenvalue weighted by Crippen LogP contribution is -2.34. The summed E-state index contributed by atoms with van der Waals surface area (Å²) in [7, 11) is 1.68. The van der Waals surface area contributed by atoms with E-state index in [1.54, 1.807) is 7.11 Å². The number of fused-ring (bicyclic) bond motifs is 2. The van der Waals surface area contributed by atoms with Crippen LogP contribution in [-0.2, 0) is 0 Å². The van der Waals surface area contributed by atoms with Crippen molar-refractivity contribution in [3.05, 3.63) is 60.5 Å². The van der Waals surface area contributed by atoms with Gasteiger partial charge in [0.25, 0.3) is 0 Å². The summed E-state index contributed by atoms with van der Waals surface area (Å²) in [5, 5.41) is 3.50. The molecule has 2 atom stereocenters. The Labute approximate surface area is 178 Å². The summed E-state index contributed by atoms with van der Waals surface area (Å²) in [6.07, 6.45) is 5.72. The first-order valence-corrected chi connectivity index (χ1v) is 10.9. The minimum Gasteiger partial charge on any atom is -0.497 e. The molecule has 1 saturated carbocycles. The predicted molar refractivity (Wildman–Crippen MR) is 126 cm³/mol. The number of hydrogen-bond acceptors (Lipinski definition) is 3. The second-order valence-corrected chi connectivity index (χ2v) is 9.38. The zero-order chi connectivity index (χ0) is 21.8. The fourth-order valence-corrected chi connectivity index (χ4v) is 5.38. The number of methoxy groups -OCH3 is 1. The molecule has 3 nitrogen and oxygen atoms in total. The number of hydrogen-bond donors (Lipinski definition) is 1. The lowest BCUT2D eigenvalue weighted by Gasteiger charge is -2.39. The molecule has 29 heavy (non-hydrogen) atoms. The molecule has 0 spiro atoms. The standard InChI is InChI=1S/C24H34N2O.C2H6/c1-8-22(17(2)25-19-9-11-21(27-7)12-10-19)18(3)26-16-24(6)14-20(26)13-23(4,5)15-24;1-2/h8-12,20,25H,1,3,13-16H2,2,4-7H3;1-2H3/b22-17+;. The van der Waals surface area contributed by atoms with Crippen LogP contribution < -0.4 is 10.1 Å². The minimum atomic E-state index is 0.388. The van der Waals surface area contributed by atoms with Gasteiger partial charge in [-0.2, -0.15) is 0 Å². The van der Waals surface area contributed by atoms with E-state index in [9.17, 15) is 0 Å². The molecule has 3 rings (SSSR count). The molecule has 0 aromatic heterocycles. The van der Waals surface area contributed by atoms with Gasteiger partial charge in [0.1, 0.15) is 5.75 Å². The summed E-state index contributed by atoms with van der Waals surface area (Å²) in [4.78, 5) is 2.53. The van der Waals surface area contributed by atoms with Crippen LogP contribution in [0.3, 0.4) is 0 Å². The van der Waals surface area contributed by atoms with Crippen LogP contribution in [0.1, 0.15) is 60.8 Å². The van der Waals surface area contributed by atoms with Gasteiger partial charge in [0.2, 0.25) is 0 Å². The van der Waals surface area contributed by atoms with Crippen molar-refractivity contribution in [3.63, 3.8) is 0 Å². The Bertz CT molecular complexity index is 759. The zero-order valence-corrected chi connectivity index (χ0v) is 19.6. The van der Waals surface area contributed by atoms with Crippen LogP contribution >= 0.6 is 0 Å². The molecule has 0 radical (unpaired) electrons. The summed E-state index contributed by atoms with van der Waals surface area (Å²) in [5.41, 5.74) is 5.09. The summed E-state index contributed by atoms with van der Waals surface area (Å²) in [6.45, 7) is 23.0. The number of likely N-dealkylation sites (tertiary alicyclic amines) is 1. The number of anilines is 1. The van der Waals surface area contributed by atoms with Gasteiger partial charge in [-0.3, -0.25) is 0 Å². The highest BCUT2D eigenvalue weighted by Gasteiger charge is 2.50. The monoisotopic (exact) mass is 396 g/mol. The molecule has 1 aliphatic carbocycles. The number of benzene rings is 1. The Balaban J connectivity index is 0.00000145. The highest BCUT2D eigenvalue weighted by molar-refractivity contribution is 5.54. The molecule has 1 aliphatic heterocycles. The first kappa shape index (κ1) is 23.1. The van der Waals surface area contributed by atoms with E-state index in [0.29, 0.717) is 16.9 Å².